The van der Waals surface area contributed by atoms with Gasteiger partial charge in [0, 0.05) is 15.6 Å². The van der Waals surface area contributed by atoms with E-state index in [1.165, 1.54) is 0 Å². The molecule has 0 bridgehead atoms. The minimum atomic E-state index is 0.0420. The van der Waals surface area contributed by atoms with Crippen LogP contribution in [-0.2, 0) is 0 Å². The summed E-state index contributed by atoms with van der Waals surface area (Å²) in [5.41, 5.74) is 4.79. The quantitative estimate of drug-likeness (QED) is 0.557. The molecule has 0 saturated heterocycles. The van der Waals surface area contributed by atoms with E-state index in [1.807, 2.05) is 67.6 Å². The van der Waals surface area contributed by atoms with Gasteiger partial charge >= 0.3 is 0 Å². The number of carbonyl (C=O) groups excluding carboxylic acids is 1. The maximum atomic E-state index is 12.5. The van der Waals surface area contributed by atoms with Crippen molar-refractivity contribution in [2.75, 3.05) is 0 Å². The third-order valence-electron chi connectivity index (χ3n) is 3.69. The van der Waals surface area contributed by atoms with Crippen molar-refractivity contribution in [1.29, 1.82) is 0 Å². The summed E-state index contributed by atoms with van der Waals surface area (Å²) in [6, 6.07) is 23.6. The molecule has 0 aromatic heterocycles. The first-order chi connectivity index (χ1) is 10.6. The van der Waals surface area contributed by atoms with Crippen LogP contribution in [0, 0.1) is 6.92 Å². The average molecular weight is 351 g/mol. The number of ketones is 1. The Morgan fingerprint density at radius 2 is 1.36 bits per heavy atom. The molecule has 0 unspecified atom stereocenters. The zero-order valence-electron chi connectivity index (χ0n) is 12.2. The summed E-state index contributed by atoms with van der Waals surface area (Å²) in [5, 5.41) is 0. The molecular weight excluding hydrogens is 336 g/mol. The Morgan fingerprint density at radius 3 is 2.00 bits per heavy atom. The van der Waals surface area contributed by atoms with Gasteiger partial charge < -0.3 is 0 Å². The molecule has 0 saturated carbocycles. The Balaban J connectivity index is 1.89. The minimum absolute atomic E-state index is 0.0420. The van der Waals surface area contributed by atoms with Crippen molar-refractivity contribution in [1.82, 2.24) is 0 Å². The summed E-state index contributed by atoms with van der Waals surface area (Å²) in [5.74, 6) is 0.0420. The molecule has 0 fully saturated rings. The number of halogens is 1. The molecule has 0 N–H and O–H groups in total. The number of benzene rings is 3. The van der Waals surface area contributed by atoms with Crippen molar-refractivity contribution in [3.63, 3.8) is 0 Å². The van der Waals surface area contributed by atoms with Crippen LogP contribution in [0.25, 0.3) is 11.1 Å². The van der Waals surface area contributed by atoms with E-state index < -0.39 is 0 Å². The highest BCUT2D eigenvalue weighted by molar-refractivity contribution is 9.10. The molecule has 3 aromatic rings. The van der Waals surface area contributed by atoms with Crippen molar-refractivity contribution in [2.45, 2.75) is 6.92 Å². The molecule has 0 aliphatic rings. The Bertz CT molecular complexity index is 805. The van der Waals surface area contributed by atoms with Crippen LogP contribution < -0.4 is 0 Å². The highest BCUT2D eigenvalue weighted by atomic mass is 79.9. The number of hydrogen-bond donors (Lipinski definition) is 0. The predicted molar refractivity (Wildman–Crippen MR) is 94.2 cm³/mol. The molecule has 2 heteroatoms. The van der Waals surface area contributed by atoms with Gasteiger partial charge in [0.2, 0.25) is 0 Å². The second kappa shape index (κ2) is 6.29. The van der Waals surface area contributed by atoms with Gasteiger partial charge in [-0.25, -0.2) is 0 Å². The normalized spacial score (nSPS) is 10.5. The van der Waals surface area contributed by atoms with Crippen LogP contribution in [0.4, 0.5) is 0 Å². The third-order valence-corrected chi connectivity index (χ3v) is 4.54. The molecule has 0 heterocycles. The Morgan fingerprint density at radius 1 is 0.773 bits per heavy atom. The Hall–Kier alpha value is -2.19. The second-order valence-corrected chi connectivity index (χ2v) is 6.09. The summed E-state index contributed by atoms with van der Waals surface area (Å²) in [7, 11) is 0. The first-order valence-electron chi connectivity index (χ1n) is 7.11. The van der Waals surface area contributed by atoms with Crippen LogP contribution >= 0.6 is 15.9 Å². The number of hydrogen-bond acceptors (Lipinski definition) is 1. The van der Waals surface area contributed by atoms with Gasteiger partial charge in [-0.1, -0.05) is 82.7 Å². The average Bonchev–Trinajstić information content (AvgIpc) is 2.58. The first kappa shape index (κ1) is 14.7. The van der Waals surface area contributed by atoms with Crippen molar-refractivity contribution in [3.8, 4) is 11.1 Å². The van der Waals surface area contributed by atoms with Crippen LogP contribution in [0.2, 0.25) is 0 Å². The molecule has 0 radical (unpaired) electrons. The monoisotopic (exact) mass is 350 g/mol. The molecule has 1 nitrogen and oxygen atoms in total. The number of carbonyl (C=O) groups is 1. The highest BCUT2D eigenvalue weighted by Gasteiger charge is 2.10. The second-order valence-electron chi connectivity index (χ2n) is 5.24. The lowest BCUT2D eigenvalue weighted by atomic mass is 9.99. The molecule has 3 rings (SSSR count). The van der Waals surface area contributed by atoms with E-state index in [4.69, 9.17) is 0 Å². The Labute approximate surface area is 138 Å². The predicted octanol–water partition coefficient (Wildman–Crippen LogP) is 5.66. The molecule has 0 spiro atoms. The van der Waals surface area contributed by atoms with E-state index in [2.05, 4.69) is 28.1 Å². The van der Waals surface area contributed by atoms with E-state index in [0.717, 1.165) is 21.2 Å². The van der Waals surface area contributed by atoms with Crippen molar-refractivity contribution >= 4 is 21.7 Å². The molecule has 0 amide bonds. The van der Waals surface area contributed by atoms with Crippen molar-refractivity contribution in [2.24, 2.45) is 0 Å². The fourth-order valence-electron chi connectivity index (χ4n) is 2.35. The van der Waals surface area contributed by atoms with Crippen LogP contribution in [0.1, 0.15) is 21.5 Å². The first-order valence-corrected chi connectivity index (χ1v) is 7.91. The van der Waals surface area contributed by atoms with Gasteiger partial charge in [0.05, 0.1) is 0 Å². The van der Waals surface area contributed by atoms with Gasteiger partial charge in [0.1, 0.15) is 0 Å². The van der Waals surface area contributed by atoms with Gasteiger partial charge in [0.25, 0.3) is 0 Å². The highest BCUT2D eigenvalue weighted by Crippen LogP contribution is 2.22. The fourth-order valence-corrected chi connectivity index (χ4v) is 2.72. The maximum Gasteiger partial charge on any atom is 0.193 e. The zero-order chi connectivity index (χ0) is 15.5. The van der Waals surface area contributed by atoms with Crippen molar-refractivity contribution < 1.29 is 4.79 Å². The van der Waals surface area contributed by atoms with Gasteiger partial charge in [0.15, 0.2) is 5.78 Å². The van der Waals surface area contributed by atoms with Crippen LogP contribution in [0.5, 0.6) is 0 Å². The largest absolute Gasteiger partial charge is 0.289 e. The summed E-state index contributed by atoms with van der Waals surface area (Å²) in [6.07, 6.45) is 0. The van der Waals surface area contributed by atoms with E-state index in [-0.39, 0.29) is 5.78 Å². The molecule has 0 aliphatic heterocycles. The summed E-state index contributed by atoms with van der Waals surface area (Å²) in [6.45, 7) is 2.01. The smallest absolute Gasteiger partial charge is 0.193 e. The van der Waals surface area contributed by atoms with Crippen LogP contribution in [-0.4, -0.2) is 5.78 Å². The molecule has 0 atom stereocenters. The molecule has 3 aromatic carbocycles. The summed E-state index contributed by atoms with van der Waals surface area (Å²) < 4.78 is 0.958. The van der Waals surface area contributed by atoms with Crippen molar-refractivity contribution in [3.05, 3.63) is 94.0 Å². The molecule has 22 heavy (non-hydrogen) atoms. The van der Waals surface area contributed by atoms with Gasteiger partial charge in [-0.15, -0.1) is 0 Å². The lowest BCUT2D eigenvalue weighted by Crippen LogP contribution is -2.01. The lowest BCUT2D eigenvalue weighted by Gasteiger charge is -2.06. The van der Waals surface area contributed by atoms with Gasteiger partial charge in [-0.05, 0) is 29.7 Å². The fraction of sp³-hybridized carbons (Fsp3) is 0.0500. The topological polar surface area (TPSA) is 17.1 Å². The van der Waals surface area contributed by atoms with E-state index in [1.54, 1.807) is 0 Å². The summed E-state index contributed by atoms with van der Waals surface area (Å²) >= 11 is 3.48. The van der Waals surface area contributed by atoms with E-state index >= 15 is 0 Å². The van der Waals surface area contributed by atoms with E-state index in [0.29, 0.717) is 11.1 Å². The maximum absolute atomic E-state index is 12.5. The Kier molecular flexibility index (Phi) is 4.21. The van der Waals surface area contributed by atoms with Gasteiger partial charge in [-0.3, -0.25) is 4.79 Å². The number of aryl methyl sites for hydroxylation is 1. The van der Waals surface area contributed by atoms with Crippen LogP contribution in [0.3, 0.4) is 0 Å². The standard InChI is InChI=1S/C20H15BrO/c1-14-7-8-18(13-19(14)21)20(22)17-11-9-16(10-12-17)15-5-3-2-4-6-15/h2-13H,1H3. The lowest BCUT2D eigenvalue weighted by molar-refractivity contribution is 0.103. The van der Waals surface area contributed by atoms with Crippen LogP contribution in [0.15, 0.2) is 77.3 Å². The molecule has 0 aliphatic carbocycles. The SMILES string of the molecule is Cc1ccc(C(=O)c2ccc(-c3ccccc3)cc2)cc1Br. The molecule has 108 valence electrons. The molecular formula is C20H15BrO. The third kappa shape index (κ3) is 3.02. The van der Waals surface area contributed by atoms with Gasteiger partial charge in [-0.2, -0.15) is 0 Å². The van der Waals surface area contributed by atoms with E-state index in [9.17, 15) is 4.79 Å². The minimum Gasteiger partial charge on any atom is -0.289 e. The zero-order valence-corrected chi connectivity index (χ0v) is 13.8. The number of rotatable bonds is 3. The summed E-state index contributed by atoms with van der Waals surface area (Å²) in [4.78, 5) is 12.5.